The molecule has 1 aliphatic rings. The van der Waals surface area contributed by atoms with Gasteiger partial charge >= 0.3 is 0 Å². The molecule has 1 N–H and O–H groups in total. The van der Waals surface area contributed by atoms with Crippen LogP contribution < -0.4 is 10.2 Å². The van der Waals surface area contributed by atoms with E-state index in [1.165, 1.54) is 12.0 Å². The molecule has 0 amide bonds. The molecule has 130 valence electrons. The maximum atomic E-state index is 6.29. The lowest BCUT2D eigenvalue weighted by Crippen LogP contribution is -2.47. The number of nitrogens with one attached hydrogen (secondary N) is 1. The third-order valence-corrected chi connectivity index (χ3v) is 4.80. The van der Waals surface area contributed by atoms with Crippen molar-refractivity contribution in [3.05, 3.63) is 47.2 Å². The van der Waals surface area contributed by atoms with Gasteiger partial charge in [-0.25, -0.2) is 0 Å². The van der Waals surface area contributed by atoms with Crippen molar-refractivity contribution in [3.8, 4) is 0 Å². The lowest BCUT2D eigenvalue weighted by Gasteiger charge is -2.36. The fraction of sp³-hybridized carbons (Fsp3) is 0.500. The monoisotopic (exact) mass is 347 g/mol. The van der Waals surface area contributed by atoms with Crippen LogP contribution >= 0.6 is 11.6 Å². The van der Waals surface area contributed by atoms with Crippen LogP contribution in [0.5, 0.6) is 0 Å². The normalized spacial score (nSPS) is 15.8. The quantitative estimate of drug-likeness (QED) is 0.780. The van der Waals surface area contributed by atoms with Crippen molar-refractivity contribution >= 4 is 17.3 Å². The minimum atomic E-state index is 0.852. The third-order valence-electron chi connectivity index (χ3n) is 4.48. The number of nitrogens with zero attached hydrogens (tertiary/aromatic N) is 4. The van der Waals surface area contributed by atoms with Crippen molar-refractivity contribution in [2.75, 3.05) is 44.2 Å². The molecule has 1 aromatic carbocycles. The van der Waals surface area contributed by atoms with E-state index in [-0.39, 0.29) is 0 Å². The lowest BCUT2D eigenvalue weighted by atomic mass is 10.2. The third kappa shape index (κ3) is 4.72. The summed E-state index contributed by atoms with van der Waals surface area (Å²) in [6.45, 7) is 7.39. The van der Waals surface area contributed by atoms with Gasteiger partial charge in [0.1, 0.15) is 0 Å². The van der Waals surface area contributed by atoms with Crippen LogP contribution in [-0.4, -0.2) is 53.9 Å². The molecule has 0 bridgehead atoms. The predicted octanol–water partition coefficient (Wildman–Crippen LogP) is 2.38. The highest BCUT2D eigenvalue weighted by molar-refractivity contribution is 6.33. The summed E-state index contributed by atoms with van der Waals surface area (Å²) in [7, 11) is 1.95. The summed E-state index contributed by atoms with van der Waals surface area (Å²) in [5.41, 5.74) is 2.41. The first kappa shape index (κ1) is 17.3. The molecule has 2 heterocycles. The molecule has 0 saturated carbocycles. The van der Waals surface area contributed by atoms with E-state index in [0.29, 0.717) is 0 Å². The molecule has 0 radical (unpaired) electrons. The second-order valence-electron chi connectivity index (χ2n) is 6.33. The molecule has 5 nitrogen and oxygen atoms in total. The largest absolute Gasteiger partial charge is 0.368 e. The molecule has 24 heavy (non-hydrogen) atoms. The summed E-state index contributed by atoms with van der Waals surface area (Å²) in [5.74, 6) is 0. The minimum Gasteiger partial charge on any atom is -0.368 e. The Kier molecular flexibility index (Phi) is 6.12. The van der Waals surface area contributed by atoms with Crippen molar-refractivity contribution in [3.63, 3.8) is 0 Å². The van der Waals surface area contributed by atoms with E-state index in [0.717, 1.165) is 56.5 Å². The zero-order chi connectivity index (χ0) is 16.8. The van der Waals surface area contributed by atoms with Crippen molar-refractivity contribution in [1.82, 2.24) is 20.0 Å². The minimum absolute atomic E-state index is 0.852. The fourth-order valence-electron chi connectivity index (χ4n) is 3.14. The molecule has 6 heteroatoms. The molecule has 2 aromatic rings. The van der Waals surface area contributed by atoms with Gasteiger partial charge in [-0.1, -0.05) is 23.7 Å². The molecule has 3 rings (SSSR count). The summed E-state index contributed by atoms with van der Waals surface area (Å²) >= 11 is 6.29. The maximum absolute atomic E-state index is 6.29. The van der Waals surface area contributed by atoms with Crippen LogP contribution in [0.15, 0.2) is 36.7 Å². The average molecular weight is 348 g/mol. The molecule has 1 fully saturated rings. The van der Waals surface area contributed by atoms with Crippen LogP contribution in [0, 0.1) is 0 Å². The molecule has 1 saturated heterocycles. The Bertz CT molecular complexity index is 634. The van der Waals surface area contributed by atoms with E-state index in [9.17, 15) is 0 Å². The molecule has 1 aromatic heterocycles. The zero-order valence-electron chi connectivity index (χ0n) is 14.3. The van der Waals surface area contributed by atoms with Crippen LogP contribution in [0.1, 0.15) is 12.0 Å². The first-order valence-electron chi connectivity index (χ1n) is 8.62. The zero-order valence-corrected chi connectivity index (χ0v) is 15.0. The molecular formula is C18H26ClN5. The summed E-state index contributed by atoms with van der Waals surface area (Å²) in [4.78, 5) is 4.93. The second kappa shape index (κ2) is 8.51. The van der Waals surface area contributed by atoms with Crippen molar-refractivity contribution in [1.29, 1.82) is 0 Å². The first-order chi connectivity index (χ1) is 11.7. The molecule has 1 aliphatic heterocycles. The topological polar surface area (TPSA) is 36.3 Å². The maximum Gasteiger partial charge on any atom is 0.0639 e. The predicted molar refractivity (Wildman–Crippen MR) is 99.6 cm³/mol. The van der Waals surface area contributed by atoms with Crippen LogP contribution in [0.3, 0.4) is 0 Å². The summed E-state index contributed by atoms with van der Waals surface area (Å²) in [6, 6.07) is 8.12. The molecule has 0 aliphatic carbocycles. The number of anilines is 1. The number of aryl methyl sites for hydroxylation is 1. The Morgan fingerprint density at radius 3 is 2.67 bits per heavy atom. The van der Waals surface area contributed by atoms with Crippen molar-refractivity contribution in [2.24, 2.45) is 7.05 Å². The average Bonchev–Trinajstić information content (AvgIpc) is 3.01. The van der Waals surface area contributed by atoms with E-state index in [4.69, 9.17) is 11.6 Å². The van der Waals surface area contributed by atoms with Gasteiger partial charge in [0.2, 0.25) is 0 Å². The number of halogens is 1. The number of aromatic nitrogens is 2. The molecular weight excluding hydrogens is 322 g/mol. The van der Waals surface area contributed by atoms with Crippen molar-refractivity contribution in [2.45, 2.75) is 13.0 Å². The highest BCUT2D eigenvalue weighted by Crippen LogP contribution is 2.25. The Balaban J connectivity index is 1.32. The Hall–Kier alpha value is -1.56. The van der Waals surface area contributed by atoms with Gasteiger partial charge < -0.3 is 10.2 Å². The summed E-state index contributed by atoms with van der Waals surface area (Å²) in [6.07, 6.45) is 5.15. The Morgan fingerprint density at radius 2 is 1.96 bits per heavy atom. The molecule has 0 spiro atoms. The van der Waals surface area contributed by atoms with Gasteiger partial charge in [-0.2, -0.15) is 5.10 Å². The number of hydrogen-bond acceptors (Lipinski definition) is 4. The smallest absolute Gasteiger partial charge is 0.0639 e. The Labute approximate surface area is 149 Å². The number of rotatable bonds is 7. The van der Waals surface area contributed by atoms with Gasteiger partial charge in [-0.05, 0) is 31.6 Å². The first-order valence-corrected chi connectivity index (χ1v) is 9.00. The van der Waals surface area contributed by atoms with Crippen LogP contribution in [0.25, 0.3) is 0 Å². The van der Waals surface area contributed by atoms with Crippen molar-refractivity contribution < 1.29 is 0 Å². The van der Waals surface area contributed by atoms with E-state index >= 15 is 0 Å². The summed E-state index contributed by atoms with van der Waals surface area (Å²) in [5, 5.41) is 8.52. The highest BCUT2D eigenvalue weighted by Gasteiger charge is 2.18. The van der Waals surface area contributed by atoms with E-state index in [2.05, 4.69) is 38.5 Å². The van der Waals surface area contributed by atoms with Gasteiger partial charge in [0.15, 0.2) is 0 Å². The highest BCUT2D eigenvalue weighted by atomic mass is 35.5. The SMILES string of the molecule is Cn1cc(CNCCCN2CCN(c3ccccc3Cl)CC2)cn1. The number of benzene rings is 1. The van der Waals surface area contributed by atoms with Crippen LogP contribution in [0.2, 0.25) is 5.02 Å². The number of hydrogen-bond donors (Lipinski definition) is 1. The second-order valence-corrected chi connectivity index (χ2v) is 6.74. The van der Waals surface area contributed by atoms with Gasteiger partial charge in [0, 0.05) is 51.5 Å². The van der Waals surface area contributed by atoms with E-state index < -0.39 is 0 Å². The van der Waals surface area contributed by atoms with E-state index in [1.54, 1.807) is 0 Å². The lowest BCUT2D eigenvalue weighted by molar-refractivity contribution is 0.254. The fourth-order valence-corrected chi connectivity index (χ4v) is 3.40. The van der Waals surface area contributed by atoms with Gasteiger partial charge in [-0.15, -0.1) is 0 Å². The standard InChI is InChI=1S/C18H26ClN5/c1-22-15-16(14-21-22)13-20-7-4-8-23-9-11-24(12-10-23)18-6-3-2-5-17(18)19/h2-3,5-6,14-15,20H,4,7-13H2,1H3. The van der Waals surface area contributed by atoms with E-state index in [1.807, 2.05) is 30.1 Å². The van der Waals surface area contributed by atoms with Crippen LogP contribution in [-0.2, 0) is 13.6 Å². The summed E-state index contributed by atoms with van der Waals surface area (Å²) < 4.78 is 1.84. The molecule has 0 unspecified atom stereocenters. The number of para-hydroxylation sites is 1. The van der Waals surface area contributed by atoms with Crippen LogP contribution in [0.4, 0.5) is 5.69 Å². The van der Waals surface area contributed by atoms with Gasteiger partial charge in [0.25, 0.3) is 0 Å². The van der Waals surface area contributed by atoms with Gasteiger partial charge in [-0.3, -0.25) is 9.58 Å². The molecule has 0 atom stereocenters. The Morgan fingerprint density at radius 1 is 1.17 bits per heavy atom. The number of piperazine rings is 1. The van der Waals surface area contributed by atoms with Gasteiger partial charge in [0.05, 0.1) is 16.9 Å².